The highest BCUT2D eigenvalue weighted by molar-refractivity contribution is 7.13. The Labute approximate surface area is 128 Å². The van der Waals surface area contributed by atoms with Crippen LogP contribution in [0.15, 0.2) is 48.0 Å². The molecule has 0 radical (unpaired) electrons. The number of aromatic nitrogens is 2. The molecule has 0 amide bonds. The standard InChI is InChI=1S/C17H17N3S/c1-2-13-7-4-8-19-16(13)17-20-15(11-21-17)14-6-3-5-12(9-14)10-18/h3-9,11H,2,10,18H2,1H3. The van der Waals surface area contributed by atoms with Crippen molar-refractivity contribution in [2.75, 3.05) is 0 Å². The highest BCUT2D eigenvalue weighted by atomic mass is 32.1. The first-order chi connectivity index (χ1) is 10.3. The van der Waals surface area contributed by atoms with Crippen molar-refractivity contribution >= 4 is 11.3 Å². The minimum atomic E-state index is 0.547. The van der Waals surface area contributed by atoms with Crippen molar-refractivity contribution in [1.29, 1.82) is 0 Å². The second kappa shape index (κ2) is 6.16. The predicted molar refractivity (Wildman–Crippen MR) is 88.1 cm³/mol. The number of hydrogen-bond acceptors (Lipinski definition) is 4. The summed E-state index contributed by atoms with van der Waals surface area (Å²) < 4.78 is 0. The molecule has 0 saturated carbocycles. The summed E-state index contributed by atoms with van der Waals surface area (Å²) in [6.45, 7) is 2.69. The van der Waals surface area contributed by atoms with Gasteiger partial charge in [0.2, 0.25) is 0 Å². The lowest BCUT2D eigenvalue weighted by Crippen LogP contribution is -1.95. The van der Waals surface area contributed by atoms with Crippen molar-refractivity contribution in [3.05, 3.63) is 59.1 Å². The molecule has 0 unspecified atom stereocenters. The van der Waals surface area contributed by atoms with Crippen LogP contribution in [0.4, 0.5) is 0 Å². The summed E-state index contributed by atoms with van der Waals surface area (Å²) in [6, 6.07) is 12.3. The Balaban J connectivity index is 1.99. The van der Waals surface area contributed by atoms with E-state index in [0.29, 0.717) is 6.54 Å². The number of nitrogens with zero attached hydrogens (tertiary/aromatic N) is 2. The molecule has 3 rings (SSSR count). The SMILES string of the molecule is CCc1cccnc1-c1nc(-c2cccc(CN)c2)cs1. The minimum absolute atomic E-state index is 0.547. The van der Waals surface area contributed by atoms with Crippen LogP contribution >= 0.6 is 11.3 Å². The average Bonchev–Trinajstić information content (AvgIpc) is 3.04. The van der Waals surface area contributed by atoms with Gasteiger partial charge in [0.05, 0.1) is 5.69 Å². The number of thiazole rings is 1. The summed E-state index contributed by atoms with van der Waals surface area (Å²) in [7, 11) is 0. The van der Waals surface area contributed by atoms with E-state index in [1.54, 1.807) is 11.3 Å². The number of hydrogen-bond donors (Lipinski definition) is 1. The van der Waals surface area contributed by atoms with E-state index in [1.165, 1.54) is 5.56 Å². The van der Waals surface area contributed by atoms with E-state index in [4.69, 9.17) is 10.7 Å². The fourth-order valence-electron chi connectivity index (χ4n) is 2.29. The summed E-state index contributed by atoms with van der Waals surface area (Å²) >= 11 is 1.64. The van der Waals surface area contributed by atoms with Gasteiger partial charge in [0, 0.05) is 23.7 Å². The van der Waals surface area contributed by atoms with Gasteiger partial charge < -0.3 is 5.73 Å². The van der Waals surface area contributed by atoms with Gasteiger partial charge in [-0.1, -0.05) is 31.2 Å². The fourth-order valence-corrected chi connectivity index (χ4v) is 3.15. The third-order valence-electron chi connectivity index (χ3n) is 3.44. The van der Waals surface area contributed by atoms with E-state index in [1.807, 2.05) is 24.4 Å². The molecular formula is C17H17N3S. The van der Waals surface area contributed by atoms with Gasteiger partial charge in [-0.15, -0.1) is 11.3 Å². The Bertz CT molecular complexity index is 749. The van der Waals surface area contributed by atoms with Crippen LogP contribution in [0.5, 0.6) is 0 Å². The molecule has 21 heavy (non-hydrogen) atoms. The molecule has 4 heteroatoms. The number of pyridine rings is 1. The highest BCUT2D eigenvalue weighted by Crippen LogP contribution is 2.30. The molecule has 2 heterocycles. The maximum Gasteiger partial charge on any atom is 0.142 e. The van der Waals surface area contributed by atoms with Crippen LogP contribution in [0.1, 0.15) is 18.1 Å². The van der Waals surface area contributed by atoms with Gasteiger partial charge in [0.15, 0.2) is 0 Å². The molecule has 0 spiro atoms. The van der Waals surface area contributed by atoms with Crippen molar-refractivity contribution in [2.45, 2.75) is 19.9 Å². The normalized spacial score (nSPS) is 10.8. The lowest BCUT2D eigenvalue weighted by atomic mass is 10.1. The van der Waals surface area contributed by atoms with Gasteiger partial charge in [-0.05, 0) is 29.7 Å². The molecule has 2 N–H and O–H groups in total. The molecular weight excluding hydrogens is 278 g/mol. The van der Waals surface area contributed by atoms with Crippen LogP contribution in [0.3, 0.4) is 0 Å². The molecule has 0 fully saturated rings. The number of benzene rings is 1. The molecule has 3 aromatic rings. The zero-order valence-electron chi connectivity index (χ0n) is 11.9. The zero-order valence-corrected chi connectivity index (χ0v) is 12.7. The Kier molecular flexibility index (Phi) is 4.08. The molecule has 0 saturated heterocycles. The minimum Gasteiger partial charge on any atom is -0.326 e. The van der Waals surface area contributed by atoms with Gasteiger partial charge in [-0.3, -0.25) is 4.98 Å². The van der Waals surface area contributed by atoms with E-state index in [-0.39, 0.29) is 0 Å². The average molecular weight is 295 g/mol. The molecule has 0 aliphatic heterocycles. The van der Waals surface area contributed by atoms with Crippen molar-refractivity contribution in [3.63, 3.8) is 0 Å². The smallest absolute Gasteiger partial charge is 0.142 e. The van der Waals surface area contributed by atoms with Gasteiger partial charge in [-0.2, -0.15) is 0 Å². The molecule has 0 atom stereocenters. The molecule has 0 bridgehead atoms. The first-order valence-electron chi connectivity index (χ1n) is 7.01. The zero-order chi connectivity index (χ0) is 14.7. The third kappa shape index (κ3) is 2.86. The van der Waals surface area contributed by atoms with Crippen molar-refractivity contribution in [1.82, 2.24) is 9.97 Å². The van der Waals surface area contributed by atoms with Crippen molar-refractivity contribution in [3.8, 4) is 22.0 Å². The lowest BCUT2D eigenvalue weighted by Gasteiger charge is -2.03. The molecule has 0 aliphatic rings. The van der Waals surface area contributed by atoms with Crippen LogP contribution in [-0.4, -0.2) is 9.97 Å². The predicted octanol–water partition coefficient (Wildman–Crippen LogP) is 3.89. The molecule has 2 aromatic heterocycles. The van der Waals surface area contributed by atoms with E-state index in [0.717, 1.165) is 33.9 Å². The van der Waals surface area contributed by atoms with Crippen LogP contribution in [0.2, 0.25) is 0 Å². The third-order valence-corrected chi connectivity index (χ3v) is 4.29. The summed E-state index contributed by atoms with van der Waals surface area (Å²) in [4.78, 5) is 9.24. The number of aryl methyl sites for hydroxylation is 1. The maximum atomic E-state index is 5.70. The van der Waals surface area contributed by atoms with E-state index in [2.05, 4.69) is 35.5 Å². The Morgan fingerprint density at radius 3 is 2.90 bits per heavy atom. The van der Waals surface area contributed by atoms with Crippen LogP contribution in [-0.2, 0) is 13.0 Å². The van der Waals surface area contributed by atoms with Crippen molar-refractivity contribution in [2.24, 2.45) is 5.73 Å². The Morgan fingerprint density at radius 2 is 2.10 bits per heavy atom. The molecule has 3 nitrogen and oxygen atoms in total. The van der Waals surface area contributed by atoms with Gasteiger partial charge >= 0.3 is 0 Å². The second-order valence-electron chi connectivity index (χ2n) is 4.81. The fraction of sp³-hybridized carbons (Fsp3) is 0.176. The Hall–Kier alpha value is -2.04. The van der Waals surface area contributed by atoms with Crippen molar-refractivity contribution < 1.29 is 0 Å². The Morgan fingerprint density at radius 1 is 1.19 bits per heavy atom. The highest BCUT2D eigenvalue weighted by Gasteiger charge is 2.11. The number of rotatable bonds is 4. The largest absolute Gasteiger partial charge is 0.326 e. The van der Waals surface area contributed by atoms with Crippen LogP contribution in [0.25, 0.3) is 22.0 Å². The first kappa shape index (κ1) is 13.9. The van der Waals surface area contributed by atoms with E-state index in [9.17, 15) is 0 Å². The molecule has 106 valence electrons. The van der Waals surface area contributed by atoms with Gasteiger partial charge in [0.1, 0.15) is 10.7 Å². The summed E-state index contributed by atoms with van der Waals surface area (Å²) in [6.07, 6.45) is 2.78. The van der Waals surface area contributed by atoms with Gasteiger partial charge in [0.25, 0.3) is 0 Å². The monoisotopic (exact) mass is 295 g/mol. The quantitative estimate of drug-likeness (QED) is 0.794. The molecule has 1 aromatic carbocycles. The van der Waals surface area contributed by atoms with Gasteiger partial charge in [-0.25, -0.2) is 4.98 Å². The summed E-state index contributed by atoms with van der Waals surface area (Å²) in [5, 5.41) is 3.06. The topological polar surface area (TPSA) is 51.8 Å². The maximum absolute atomic E-state index is 5.70. The first-order valence-corrected chi connectivity index (χ1v) is 7.89. The van der Waals surface area contributed by atoms with E-state index >= 15 is 0 Å². The second-order valence-corrected chi connectivity index (χ2v) is 5.67. The van der Waals surface area contributed by atoms with Crippen LogP contribution in [0, 0.1) is 0 Å². The van der Waals surface area contributed by atoms with E-state index < -0.39 is 0 Å². The summed E-state index contributed by atoms with van der Waals surface area (Å²) in [5.41, 5.74) is 11.1. The number of nitrogens with two attached hydrogens (primary N) is 1. The van der Waals surface area contributed by atoms with Crippen LogP contribution < -0.4 is 5.73 Å². The lowest BCUT2D eigenvalue weighted by molar-refractivity contribution is 1.07. The molecule has 0 aliphatic carbocycles. The summed E-state index contributed by atoms with van der Waals surface area (Å²) in [5.74, 6) is 0.